The third-order valence-corrected chi connectivity index (χ3v) is 4.47. The smallest absolute Gasteiger partial charge is 0.320 e. The van der Waals surface area contributed by atoms with E-state index in [1.165, 1.54) is 0 Å². The van der Waals surface area contributed by atoms with E-state index in [0.29, 0.717) is 6.54 Å². The van der Waals surface area contributed by atoms with Crippen LogP contribution in [0, 0.1) is 5.92 Å². The Balaban J connectivity index is 1.99. The van der Waals surface area contributed by atoms with Crippen LogP contribution in [0.2, 0.25) is 0 Å². The fourth-order valence-electron chi connectivity index (χ4n) is 3.86. The minimum atomic E-state index is -0.912. The SMILES string of the molecule is CN(CC(C)(C)O)C(=O)N1C2CCC1CC(CC(=O)O)C2. The second-order valence-corrected chi connectivity index (χ2v) is 7.18. The largest absolute Gasteiger partial charge is 0.481 e. The van der Waals surface area contributed by atoms with Crippen LogP contribution in [0.15, 0.2) is 0 Å². The average Bonchev–Trinajstić information content (AvgIpc) is 2.57. The molecule has 2 atom stereocenters. The van der Waals surface area contributed by atoms with Gasteiger partial charge in [0.25, 0.3) is 0 Å². The zero-order valence-electron chi connectivity index (χ0n) is 13.1. The van der Waals surface area contributed by atoms with Crippen LogP contribution in [-0.4, -0.2) is 63.3 Å². The molecule has 6 heteroatoms. The Hall–Kier alpha value is -1.30. The van der Waals surface area contributed by atoms with Crippen molar-refractivity contribution < 1.29 is 19.8 Å². The minimum Gasteiger partial charge on any atom is -0.481 e. The van der Waals surface area contributed by atoms with Crippen LogP contribution in [-0.2, 0) is 4.79 Å². The second-order valence-electron chi connectivity index (χ2n) is 7.18. The number of carboxylic acids is 1. The number of aliphatic hydroxyl groups is 1. The molecule has 2 aliphatic rings. The third-order valence-electron chi connectivity index (χ3n) is 4.47. The quantitative estimate of drug-likeness (QED) is 0.824. The van der Waals surface area contributed by atoms with E-state index in [4.69, 9.17) is 5.11 Å². The van der Waals surface area contributed by atoms with Crippen LogP contribution < -0.4 is 0 Å². The van der Waals surface area contributed by atoms with Crippen molar-refractivity contribution in [3.63, 3.8) is 0 Å². The summed E-state index contributed by atoms with van der Waals surface area (Å²) in [4.78, 5) is 26.9. The summed E-state index contributed by atoms with van der Waals surface area (Å²) in [7, 11) is 1.71. The Kier molecular flexibility index (Phi) is 4.46. The van der Waals surface area contributed by atoms with Gasteiger partial charge in [-0.3, -0.25) is 4.79 Å². The summed E-state index contributed by atoms with van der Waals surface area (Å²) in [6.07, 6.45) is 3.69. The first-order valence-electron chi connectivity index (χ1n) is 7.65. The molecule has 120 valence electrons. The molecule has 2 rings (SSSR count). The molecule has 2 saturated heterocycles. The number of carbonyl (C=O) groups is 2. The van der Waals surface area contributed by atoms with Crippen LogP contribution in [0.5, 0.6) is 0 Å². The van der Waals surface area contributed by atoms with E-state index in [2.05, 4.69) is 0 Å². The van der Waals surface area contributed by atoms with E-state index in [0.717, 1.165) is 25.7 Å². The van der Waals surface area contributed by atoms with Crippen molar-refractivity contribution >= 4 is 12.0 Å². The molecule has 0 radical (unpaired) electrons. The first-order chi connectivity index (χ1) is 9.67. The summed E-state index contributed by atoms with van der Waals surface area (Å²) in [5.74, 6) is -0.568. The van der Waals surface area contributed by atoms with Crippen LogP contribution >= 0.6 is 0 Å². The molecule has 0 aromatic heterocycles. The first kappa shape index (κ1) is 16.1. The molecule has 2 bridgehead atoms. The predicted octanol–water partition coefficient (Wildman–Crippen LogP) is 1.53. The summed E-state index contributed by atoms with van der Waals surface area (Å²) in [6, 6.07) is 0.271. The molecule has 0 saturated carbocycles. The van der Waals surface area contributed by atoms with Crippen molar-refractivity contribution in [2.24, 2.45) is 5.92 Å². The van der Waals surface area contributed by atoms with Gasteiger partial charge >= 0.3 is 12.0 Å². The van der Waals surface area contributed by atoms with E-state index < -0.39 is 11.6 Å². The molecule has 0 aromatic rings. The highest BCUT2D eigenvalue weighted by molar-refractivity contribution is 5.75. The molecular formula is C15H26N2O4. The van der Waals surface area contributed by atoms with Crippen molar-refractivity contribution in [1.29, 1.82) is 0 Å². The van der Waals surface area contributed by atoms with Crippen molar-refractivity contribution in [3.8, 4) is 0 Å². The van der Waals surface area contributed by atoms with Gasteiger partial charge in [0.15, 0.2) is 0 Å². The number of hydrogen-bond acceptors (Lipinski definition) is 3. The normalized spacial score (nSPS) is 28.6. The van der Waals surface area contributed by atoms with Crippen molar-refractivity contribution in [2.45, 2.75) is 63.6 Å². The fourth-order valence-corrected chi connectivity index (χ4v) is 3.86. The molecular weight excluding hydrogens is 272 g/mol. The number of hydrogen-bond donors (Lipinski definition) is 2. The van der Waals surface area contributed by atoms with Crippen LogP contribution in [0.1, 0.15) is 46.0 Å². The molecule has 21 heavy (non-hydrogen) atoms. The number of amides is 2. The number of likely N-dealkylation sites (N-methyl/N-ethyl adjacent to an activating group) is 1. The van der Waals surface area contributed by atoms with Crippen molar-refractivity contribution in [3.05, 3.63) is 0 Å². The highest BCUT2D eigenvalue weighted by atomic mass is 16.4. The average molecular weight is 298 g/mol. The number of piperidine rings is 1. The summed E-state index contributed by atoms with van der Waals surface area (Å²) < 4.78 is 0. The third kappa shape index (κ3) is 3.87. The number of urea groups is 1. The van der Waals surface area contributed by atoms with E-state index in [-0.39, 0.29) is 30.5 Å². The summed E-state index contributed by atoms with van der Waals surface area (Å²) >= 11 is 0. The van der Waals surface area contributed by atoms with Crippen molar-refractivity contribution in [2.75, 3.05) is 13.6 Å². The van der Waals surface area contributed by atoms with Gasteiger partial charge in [0.1, 0.15) is 0 Å². The van der Waals surface area contributed by atoms with E-state index >= 15 is 0 Å². The lowest BCUT2D eigenvalue weighted by atomic mass is 9.88. The summed E-state index contributed by atoms with van der Waals surface area (Å²) in [5, 5.41) is 18.8. The van der Waals surface area contributed by atoms with Gasteiger partial charge in [-0.2, -0.15) is 0 Å². The van der Waals surface area contributed by atoms with Gasteiger partial charge in [0, 0.05) is 25.6 Å². The lowest BCUT2D eigenvalue weighted by Crippen LogP contribution is -2.53. The molecule has 0 spiro atoms. The van der Waals surface area contributed by atoms with E-state index in [9.17, 15) is 14.7 Å². The zero-order valence-corrected chi connectivity index (χ0v) is 13.1. The second kappa shape index (κ2) is 5.83. The lowest BCUT2D eigenvalue weighted by Gasteiger charge is -2.41. The van der Waals surface area contributed by atoms with Gasteiger partial charge < -0.3 is 20.0 Å². The van der Waals surface area contributed by atoms with Gasteiger partial charge in [-0.05, 0) is 45.4 Å². The molecule has 0 aliphatic carbocycles. The number of carbonyl (C=O) groups excluding carboxylic acids is 1. The van der Waals surface area contributed by atoms with Crippen LogP contribution in [0.4, 0.5) is 4.79 Å². The molecule has 2 amide bonds. The number of aliphatic carboxylic acids is 1. The highest BCUT2D eigenvalue weighted by Crippen LogP contribution is 2.40. The summed E-state index contributed by atoms with van der Waals surface area (Å²) in [5.41, 5.74) is -0.912. The zero-order chi connectivity index (χ0) is 15.8. The van der Waals surface area contributed by atoms with Gasteiger partial charge in [-0.25, -0.2) is 4.79 Å². The Labute approximate surface area is 125 Å². The first-order valence-corrected chi connectivity index (χ1v) is 7.65. The van der Waals surface area contributed by atoms with Gasteiger partial charge in [-0.1, -0.05) is 0 Å². The van der Waals surface area contributed by atoms with E-state index in [1.54, 1.807) is 25.8 Å². The predicted molar refractivity (Wildman–Crippen MR) is 77.9 cm³/mol. The maximum Gasteiger partial charge on any atom is 0.320 e. The summed E-state index contributed by atoms with van der Waals surface area (Å²) in [6.45, 7) is 3.66. The Morgan fingerprint density at radius 2 is 1.76 bits per heavy atom. The van der Waals surface area contributed by atoms with Crippen molar-refractivity contribution in [1.82, 2.24) is 9.80 Å². The van der Waals surface area contributed by atoms with Gasteiger partial charge in [0.05, 0.1) is 12.1 Å². The monoisotopic (exact) mass is 298 g/mol. The molecule has 2 fully saturated rings. The number of carboxylic acid groups (broad SMARTS) is 1. The topological polar surface area (TPSA) is 81.1 Å². The van der Waals surface area contributed by atoms with E-state index in [1.807, 2.05) is 4.90 Å². The maximum atomic E-state index is 12.6. The standard InChI is InChI=1S/C15H26N2O4/c1-15(2,21)9-16(3)14(20)17-11-4-5-12(17)7-10(6-11)8-13(18)19/h10-12,21H,4-9H2,1-3H3,(H,18,19). The Morgan fingerprint density at radius 3 is 2.19 bits per heavy atom. The molecule has 2 heterocycles. The molecule has 2 unspecified atom stereocenters. The molecule has 2 aliphatic heterocycles. The van der Waals surface area contributed by atoms with Gasteiger partial charge in [0.2, 0.25) is 0 Å². The van der Waals surface area contributed by atoms with Gasteiger partial charge in [-0.15, -0.1) is 0 Å². The fraction of sp³-hybridized carbons (Fsp3) is 0.867. The Bertz CT molecular complexity index is 404. The lowest BCUT2D eigenvalue weighted by molar-refractivity contribution is -0.138. The number of rotatable bonds is 4. The maximum absolute atomic E-state index is 12.6. The molecule has 0 aromatic carbocycles. The highest BCUT2D eigenvalue weighted by Gasteiger charge is 2.44. The number of nitrogens with zero attached hydrogens (tertiary/aromatic N) is 2. The van der Waals surface area contributed by atoms with Crippen LogP contribution in [0.25, 0.3) is 0 Å². The minimum absolute atomic E-state index is 0.0431. The molecule has 2 N–H and O–H groups in total. The molecule has 6 nitrogen and oxygen atoms in total. The Morgan fingerprint density at radius 1 is 1.24 bits per heavy atom. The van der Waals surface area contributed by atoms with Crippen LogP contribution in [0.3, 0.4) is 0 Å². The number of fused-ring (bicyclic) bond motifs is 2.